The van der Waals surface area contributed by atoms with E-state index in [1.807, 2.05) is 18.2 Å². The van der Waals surface area contributed by atoms with Crippen LogP contribution in [0.1, 0.15) is 25.8 Å². The molecule has 0 amide bonds. The summed E-state index contributed by atoms with van der Waals surface area (Å²) in [5.41, 5.74) is 1.01. The molecule has 0 saturated carbocycles. The predicted octanol–water partition coefficient (Wildman–Crippen LogP) is 2.38. The first kappa shape index (κ1) is 17.3. The smallest absolute Gasteiger partial charge is 0.308 e. The Morgan fingerprint density at radius 2 is 2.05 bits per heavy atom. The lowest BCUT2D eigenvalue weighted by atomic mass is 10.1. The van der Waals surface area contributed by atoms with Crippen LogP contribution in [0.25, 0.3) is 0 Å². The molecule has 0 bridgehead atoms. The molecule has 0 aromatic heterocycles. The highest BCUT2D eigenvalue weighted by Crippen LogP contribution is 2.31. The van der Waals surface area contributed by atoms with Gasteiger partial charge in [-0.1, -0.05) is 26.0 Å². The monoisotopic (exact) mass is 295 g/mol. The normalized spacial score (nSPS) is 10.5. The van der Waals surface area contributed by atoms with Crippen LogP contribution < -0.4 is 14.8 Å². The van der Waals surface area contributed by atoms with E-state index in [0.29, 0.717) is 24.0 Å². The first-order valence-corrected chi connectivity index (χ1v) is 7.14. The van der Waals surface area contributed by atoms with E-state index in [4.69, 9.17) is 9.47 Å². The fraction of sp³-hybridized carbons (Fsp3) is 0.562. The highest BCUT2D eigenvalue weighted by atomic mass is 16.5. The van der Waals surface area contributed by atoms with Crippen LogP contribution in [0.15, 0.2) is 18.2 Å². The van der Waals surface area contributed by atoms with Crippen LogP contribution in [0.4, 0.5) is 0 Å². The van der Waals surface area contributed by atoms with Crippen molar-refractivity contribution in [2.24, 2.45) is 5.92 Å². The van der Waals surface area contributed by atoms with Crippen molar-refractivity contribution in [3.8, 4) is 11.5 Å². The first-order valence-electron chi connectivity index (χ1n) is 7.14. The summed E-state index contributed by atoms with van der Waals surface area (Å²) in [6.45, 7) is 6.21. The van der Waals surface area contributed by atoms with Gasteiger partial charge < -0.3 is 19.5 Å². The summed E-state index contributed by atoms with van der Waals surface area (Å²) in [5, 5.41) is 3.38. The number of carbonyl (C=O) groups is 1. The van der Waals surface area contributed by atoms with Crippen molar-refractivity contribution in [1.82, 2.24) is 5.32 Å². The summed E-state index contributed by atoms with van der Waals surface area (Å²) < 4.78 is 15.7. The van der Waals surface area contributed by atoms with Gasteiger partial charge in [0.2, 0.25) is 0 Å². The summed E-state index contributed by atoms with van der Waals surface area (Å²) >= 11 is 0. The largest absolute Gasteiger partial charge is 0.493 e. The molecule has 0 unspecified atom stereocenters. The van der Waals surface area contributed by atoms with Gasteiger partial charge in [-0.15, -0.1) is 0 Å². The molecule has 21 heavy (non-hydrogen) atoms. The zero-order chi connectivity index (χ0) is 15.7. The van der Waals surface area contributed by atoms with Gasteiger partial charge in [0, 0.05) is 12.1 Å². The van der Waals surface area contributed by atoms with E-state index in [0.717, 1.165) is 12.1 Å². The standard InChI is InChI=1S/C16H25NO4/c1-12(2)10-17-11-13-6-5-7-14(19-3)16(13)21-9-8-15(18)20-4/h5-7,12,17H,8-11H2,1-4H3. The van der Waals surface area contributed by atoms with E-state index in [2.05, 4.69) is 23.9 Å². The van der Waals surface area contributed by atoms with Crippen LogP contribution in [0, 0.1) is 5.92 Å². The van der Waals surface area contributed by atoms with Gasteiger partial charge in [0.25, 0.3) is 0 Å². The van der Waals surface area contributed by atoms with Crippen molar-refractivity contribution < 1.29 is 19.0 Å². The molecule has 0 aliphatic carbocycles. The topological polar surface area (TPSA) is 56.8 Å². The van der Waals surface area contributed by atoms with Crippen LogP contribution in [-0.2, 0) is 16.1 Å². The minimum atomic E-state index is -0.288. The van der Waals surface area contributed by atoms with Crippen molar-refractivity contribution >= 4 is 5.97 Å². The van der Waals surface area contributed by atoms with E-state index in [1.54, 1.807) is 7.11 Å². The maximum atomic E-state index is 11.1. The third-order valence-corrected chi connectivity index (χ3v) is 2.93. The molecule has 0 heterocycles. The van der Waals surface area contributed by atoms with Crippen LogP contribution in [-0.4, -0.2) is 33.3 Å². The third kappa shape index (κ3) is 6.04. The van der Waals surface area contributed by atoms with Crippen molar-refractivity contribution in [2.75, 3.05) is 27.4 Å². The van der Waals surface area contributed by atoms with Gasteiger partial charge in [-0.25, -0.2) is 0 Å². The Morgan fingerprint density at radius 1 is 1.29 bits per heavy atom. The Morgan fingerprint density at radius 3 is 2.67 bits per heavy atom. The summed E-state index contributed by atoms with van der Waals surface area (Å²) in [6, 6.07) is 5.77. The van der Waals surface area contributed by atoms with Crippen LogP contribution in [0.3, 0.4) is 0 Å². The zero-order valence-electron chi connectivity index (χ0n) is 13.3. The van der Waals surface area contributed by atoms with Gasteiger partial charge in [0.15, 0.2) is 11.5 Å². The van der Waals surface area contributed by atoms with E-state index >= 15 is 0 Å². The van der Waals surface area contributed by atoms with Crippen LogP contribution >= 0.6 is 0 Å². The highest BCUT2D eigenvalue weighted by molar-refractivity contribution is 5.69. The number of carbonyl (C=O) groups excluding carboxylic acids is 1. The Bertz CT molecular complexity index is 446. The minimum Gasteiger partial charge on any atom is -0.493 e. The Kier molecular flexibility index (Phi) is 7.61. The second-order valence-corrected chi connectivity index (χ2v) is 5.15. The van der Waals surface area contributed by atoms with E-state index in [-0.39, 0.29) is 19.0 Å². The molecular weight excluding hydrogens is 270 g/mol. The Hall–Kier alpha value is -1.75. The lowest BCUT2D eigenvalue weighted by Crippen LogP contribution is -2.19. The Balaban J connectivity index is 2.70. The second kappa shape index (κ2) is 9.23. The number of benzene rings is 1. The van der Waals surface area contributed by atoms with E-state index < -0.39 is 0 Å². The van der Waals surface area contributed by atoms with Crippen LogP contribution in [0.5, 0.6) is 11.5 Å². The van der Waals surface area contributed by atoms with Crippen molar-refractivity contribution in [2.45, 2.75) is 26.8 Å². The first-order chi connectivity index (χ1) is 10.1. The molecule has 0 aliphatic rings. The zero-order valence-corrected chi connectivity index (χ0v) is 13.3. The van der Waals surface area contributed by atoms with E-state index in [9.17, 15) is 4.79 Å². The number of esters is 1. The molecule has 0 spiro atoms. The second-order valence-electron chi connectivity index (χ2n) is 5.15. The van der Waals surface area contributed by atoms with Gasteiger partial charge in [-0.05, 0) is 18.5 Å². The molecule has 1 aromatic rings. The molecule has 5 heteroatoms. The number of hydrogen-bond donors (Lipinski definition) is 1. The molecule has 0 saturated heterocycles. The Labute approximate surface area is 126 Å². The van der Waals surface area contributed by atoms with Gasteiger partial charge in [-0.2, -0.15) is 0 Å². The molecule has 0 aliphatic heterocycles. The molecule has 1 N–H and O–H groups in total. The van der Waals surface area contributed by atoms with Gasteiger partial charge in [0.1, 0.15) is 0 Å². The van der Waals surface area contributed by atoms with Gasteiger partial charge in [-0.3, -0.25) is 4.79 Å². The van der Waals surface area contributed by atoms with Crippen molar-refractivity contribution in [1.29, 1.82) is 0 Å². The van der Waals surface area contributed by atoms with Crippen molar-refractivity contribution in [3.05, 3.63) is 23.8 Å². The van der Waals surface area contributed by atoms with Gasteiger partial charge >= 0.3 is 5.97 Å². The lowest BCUT2D eigenvalue weighted by Gasteiger charge is -2.16. The molecule has 0 radical (unpaired) electrons. The van der Waals surface area contributed by atoms with Crippen LogP contribution in [0.2, 0.25) is 0 Å². The number of hydrogen-bond acceptors (Lipinski definition) is 5. The fourth-order valence-electron chi connectivity index (χ4n) is 1.86. The molecule has 118 valence electrons. The average Bonchev–Trinajstić information content (AvgIpc) is 2.47. The number of nitrogens with one attached hydrogen (secondary N) is 1. The number of methoxy groups -OCH3 is 2. The molecule has 0 atom stereocenters. The molecule has 0 fully saturated rings. The minimum absolute atomic E-state index is 0.216. The molecule has 1 rings (SSSR count). The predicted molar refractivity (Wildman–Crippen MR) is 81.7 cm³/mol. The maximum absolute atomic E-state index is 11.1. The number of para-hydroxylation sites is 1. The quantitative estimate of drug-likeness (QED) is 0.709. The number of rotatable bonds is 9. The molecule has 5 nitrogen and oxygen atoms in total. The summed E-state index contributed by atoms with van der Waals surface area (Å²) in [7, 11) is 2.97. The summed E-state index contributed by atoms with van der Waals surface area (Å²) in [6.07, 6.45) is 0.216. The lowest BCUT2D eigenvalue weighted by molar-refractivity contribution is -0.141. The van der Waals surface area contributed by atoms with Gasteiger partial charge in [0.05, 0.1) is 27.2 Å². The summed E-state index contributed by atoms with van der Waals surface area (Å²) in [4.78, 5) is 11.1. The average molecular weight is 295 g/mol. The highest BCUT2D eigenvalue weighted by Gasteiger charge is 2.11. The SMILES string of the molecule is COC(=O)CCOc1c(CNCC(C)C)cccc1OC. The molecule has 1 aromatic carbocycles. The molecular formula is C16H25NO4. The third-order valence-electron chi connectivity index (χ3n) is 2.93. The summed E-state index contributed by atoms with van der Waals surface area (Å²) in [5.74, 6) is 1.65. The maximum Gasteiger partial charge on any atom is 0.308 e. The van der Waals surface area contributed by atoms with Crippen molar-refractivity contribution in [3.63, 3.8) is 0 Å². The van der Waals surface area contributed by atoms with E-state index in [1.165, 1.54) is 7.11 Å². The number of ether oxygens (including phenoxy) is 3. The fourth-order valence-corrected chi connectivity index (χ4v) is 1.86.